The normalized spacial score (nSPS) is 20.9. The second-order valence-electron chi connectivity index (χ2n) is 4.70. The molecule has 1 N–H and O–H groups in total. The van der Waals surface area contributed by atoms with E-state index in [4.69, 9.17) is 0 Å². The summed E-state index contributed by atoms with van der Waals surface area (Å²) in [5.41, 5.74) is 0.105. The van der Waals surface area contributed by atoms with Gasteiger partial charge in [0.1, 0.15) is 5.01 Å². The average Bonchev–Trinajstić information content (AvgIpc) is 2.65. The second kappa shape index (κ2) is 4.62. The molecule has 1 aliphatic rings. The van der Waals surface area contributed by atoms with E-state index in [9.17, 15) is 0 Å². The van der Waals surface area contributed by atoms with Crippen molar-refractivity contribution in [3.63, 3.8) is 0 Å². The molecule has 1 fully saturated rings. The quantitative estimate of drug-likeness (QED) is 0.831. The van der Waals surface area contributed by atoms with Crippen molar-refractivity contribution in [3.8, 4) is 0 Å². The maximum atomic E-state index is 4.47. The number of hydrogen-bond acceptors (Lipinski definition) is 3. The van der Waals surface area contributed by atoms with Gasteiger partial charge >= 0.3 is 0 Å². The van der Waals surface area contributed by atoms with E-state index in [0.717, 1.165) is 12.5 Å². The van der Waals surface area contributed by atoms with E-state index in [-0.39, 0.29) is 5.54 Å². The zero-order chi connectivity index (χ0) is 10.7. The summed E-state index contributed by atoms with van der Waals surface area (Å²) in [6.45, 7) is 5.49. The lowest BCUT2D eigenvalue weighted by atomic mass is 9.76. The van der Waals surface area contributed by atoms with Crippen LogP contribution in [0.4, 0.5) is 0 Å². The molecule has 0 spiro atoms. The predicted octanol–water partition coefficient (Wildman–Crippen LogP) is 3.16. The Kier molecular flexibility index (Phi) is 3.42. The number of nitrogens with one attached hydrogen (secondary N) is 1. The zero-order valence-electron chi connectivity index (χ0n) is 9.62. The molecule has 0 amide bonds. The van der Waals surface area contributed by atoms with Gasteiger partial charge in [0.05, 0.1) is 5.54 Å². The van der Waals surface area contributed by atoms with Crippen molar-refractivity contribution in [2.45, 2.75) is 45.1 Å². The standard InChI is InChI=1S/C12H20N2S/c1-3-14-12(2,9-10-5-4-6-10)11-13-7-8-15-11/h7-8,10,14H,3-6,9H2,1-2H3. The highest BCUT2D eigenvalue weighted by Gasteiger charge is 2.33. The highest BCUT2D eigenvalue weighted by Crippen LogP contribution is 2.38. The molecule has 0 bridgehead atoms. The van der Waals surface area contributed by atoms with Crippen molar-refractivity contribution < 1.29 is 0 Å². The first-order chi connectivity index (χ1) is 7.24. The first-order valence-electron chi connectivity index (χ1n) is 5.89. The fourth-order valence-electron chi connectivity index (χ4n) is 2.40. The van der Waals surface area contributed by atoms with E-state index in [1.54, 1.807) is 11.3 Å². The Labute approximate surface area is 96.1 Å². The molecule has 1 aromatic rings. The van der Waals surface area contributed by atoms with Gasteiger partial charge in [0, 0.05) is 11.6 Å². The van der Waals surface area contributed by atoms with Crippen LogP contribution in [0.3, 0.4) is 0 Å². The van der Waals surface area contributed by atoms with Crippen molar-refractivity contribution >= 4 is 11.3 Å². The Hall–Kier alpha value is -0.410. The predicted molar refractivity (Wildman–Crippen MR) is 65.1 cm³/mol. The van der Waals surface area contributed by atoms with Crippen LogP contribution in [-0.2, 0) is 5.54 Å². The van der Waals surface area contributed by atoms with E-state index >= 15 is 0 Å². The first kappa shape index (κ1) is 11.1. The van der Waals surface area contributed by atoms with E-state index < -0.39 is 0 Å². The Morgan fingerprint density at radius 3 is 2.87 bits per heavy atom. The summed E-state index contributed by atoms with van der Waals surface area (Å²) in [4.78, 5) is 4.47. The minimum absolute atomic E-state index is 0.105. The van der Waals surface area contributed by atoms with Gasteiger partial charge in [0.15, 0.2) is 0 Å². The van der Waals surface area contributed by atoms with Crippen molar-refractivity contribution in [2.75, 3.05) is 6.54 Å². The fourth-order valence-corrected chi connectivity index (χ4v) is 3.18. The molecule has 1 unspecified atom stereocenters. The van der Waals surface area contributed by atoms with Crippen LogP contribution in [0.25, 0.3) is 0 Å². The average molecular weight is 224 g/mol. The van der Waals surface area contributed by atoms with Crippen LogP contribution >= 0.6 is 11.3 Å². The number of rotatable bonds is 5. The largest absolute Gasteiger partial charge is 0.306 e. The number of hydrogen-bond donors (Lipinski definition) is 1. The van der Waals surface area contributed by atoms with Gasteiger partial charge in [-0.05, 0) is 25.8 Å². The molecule has 84 valence electrons. The van der Waals surface area contributed by atoms with Gasteiger partial charge < -0.3 is 5.32 Å². The summed E-state index contributed by atoms with van der Waals surface area (Å²) in [6.07, 6.45) is 7.40. The van der Waals surface area contributed by atoms with Gasteiger partial charge in [-0.3, -0.25) is 0 Å². The van der Waals surface area contributed by atoms with Crippen molar-refractivity contribution in [1.29, 1.82) is 0 Å². The Morgan fingerprint density at radius 2 is 2.40 bits per heavy atom. The summed E-state index contributed by atoms with van der Waals surface area (Å²) in [5.74, 6) is 0.915. The molecule has 2 nitrogen and oxygen atoms in total. The molecule has 3 heteroatoms. The summed E-state index contributed by atoms with van der Waals surface area (Å²) >= 11 is 1.77. The van der Waals surface area contributed by atoms with E-state index in [1.165, 1.54) is 30.7 Å². The van der Waals surface area contributed by atoms with Crippen molar-refractivity contribution in [2.24, 2.45) is 5.92 Å². The van der Waals surface area contributed by atoms with Crippen LogP contribution in [0, 0.1) is 5.92 Å². The van der Waals surface area contributed by atoms with E-state index in [0.29, 0.717) is 0 Å². The Morgan fingerprint density at radius 1 is 1.60 bits per heavy atom. The molecule has 1 heterocycles. The first-order valence-corrected chi connectivity index (χ1v) is 6.77. The maximum Gasteiger partial charge on any atom is 0.112 e. The van der Waals surface area contributed by atoms with E-state index in [1.807, 2.05) is 6.20 Å². The van der Waals surface area contributed by atoms with Crippen molar-refractivity contribution in [1.82, 2.24) is 10.3 Å². The molecule has 15 heavy (non-hydrogen) atoms. The second-order valence-corrected chi connectivity index (χ2v) is 5.60. The van der Waals surface area contributed by atoms with Gasteiger partial charge in [-0.1, -0.05) is 26.2 Å². The molecule has 1 atom stereocenters. The highest BCUT2D eigenvalue weighted by molar-refractivity contribution is 7.09. The number of aromatic nitrogens is 1. The summed E-state index contributed by atoms with van der Waals surface area (Å²) < 4.78 is 0. The van der Waals surface area contributed by atoms with Crippen LogP contribution in [0.2, 0.25) is 0 Å². The molecule has 0 aliphatic heterocycles. The maximum absolute atomic E-state index is 4.47. The van der Waals surface area contributed by atoms with E-state index in [2.05, 4.69) is 29.5 Å². The monoisotopic (exact) mass is 224 g/mol. The summed E-state index contributed by atoms with van der Waals surface area (Å²) in [6, 6.07) is 0. The topological polar surface area (TPSA) is 24.9 Å². The molecular weight excluding hydrogens is 204 g/mol. The zero-order valence-corrected chi connectivity index (χ0v) is 10.4. The van der Waals surface area contributed by atoms with Gasteiger partial charge in [0.25, 0.3) is 0 Å². The number of nitrogens with zero attached hydrogens (tertiary/aromatic N) is 1. The Balaban J connectivity index is 2.08. The Bertz CT molecular complexity index is 293. The lowest BCUT2D eigenvalue weighted by Crippen LogP contribution is -2.42. The van der Waals surface area contributed by atoms with Crippen LogP contribution in [0.15, 0.2) is 11.6 Å². The van der Waals surface area contributed by atoms with Gasteiger partial charge in [-0.25, -0.2) is 4.98 Å². The molecule has 1 saturated carbocycles. The van der Waals surface area contributed by atoms with Gasteiger partial charge in [-0.2, -0.15) is 0 Å². The summed E-state index contributed by atoms with van der Waals surface area (Å²) in [7, 11) is 0. The summed E-state index contributed by atoms with van der Waals surface area (Å²) in [5, 5.41) is 6.93. The van der Waals surface area contributed by atoms with Crippen molar-refractivity contribution in [3.05, 3.63) is 16.6 Å². The molecule has 1 aromatic heterocycles. The van der Waals surface area contributed by atoms with Gasteiger partial charge in [-0.15, -0.1) is 11.3 Å². The lowest BCUT2D eigenvalue weighted by molar-refractivity contribution is 0.206. The highest BCUT2D eigenvalue weighted by atomic mass is 32.1. The van der Waals surface area contributed by atoms with Crippen LogP contribution < -0.4 is 5.32 Å². The SMILES string of the molecule is CCNC(C)(CC1CCC1)c1nccs1. The van der Waals surface area contributed by atoms with Gasteiger partial charge in [0.2, 0.25) is 0 Å². The smallest absolute Gasteiger partial charge is 0.112 e. The third kappa shape index (κ3) is 2.40. The molecule has 0 aromatic carbocycles. The molecule has 1 aliphatic carbocycles. The molecule has 2 rings (SSSR count). The van der Waals surface area contributed by atoms with Crippen LogP contribution in [0.5, 0.6) is 0 Å². The lowest BCUT2D eigenvalue weighted by Gasteiger charge is -2.36. The molecular formula is C12H20N2S. The fraction of sp³-hybridized carbons (Fsp3) is 0.750. The van der Waals surface area contributed by atoms with Crippen LogP contribution in [-0.4, -0.2) is 11.5 Å². The molecule has 0 saturated heterocycles. The van der Waals surface area contributed by atoms with Crippen LogP contribution in [0.1, 0.15) is 44.5 Å². The third-order valence-corrected chi connectivity index (χ3v) is 4.43. The minimum Gasteiger partial charge on any atom is -0.306 e. The molecule has 0 radical (unpaired) electrons. The third-order valence-electron chi connectivity index (χ3n) is 3.39. The number of thiazole rings is 1. The minimum atomic E-state index is 0.105.